The molecule has 1 N–H and O–H groups in total. The van der Waals surface area contributed by atoms with E-state index in [1.165, 1.54) is 17.2 Å². The number of aryl methyl sites for hydroxylation is 1. The van der Waals surface area contributed by atoms with E-state index in [9.17, 15) is 13.2 Å². The van der Waals surface area contributed by atoms with Gasteiger partial charge >= 0.3 is 0 Å². The zero-order valence-corrected chi connectivity index (χ0v) is 29.2. The number of anilines is 1. The van der Waals surface area contributed by atoms with Gasteiger partial charge in [-0.15, -0.1) is 0 Å². The molecule has 2 aliphatic carbocycles. The molecular formula is C35H46ClN3O7S. The van der Waals surface area contributed by atoms with Gasteiger partial charge in [-0.1, -0.05) is 29.8 Å². The van der Waals surface area contributed by atoms with Crippen LogP contribution in [0.2, 0.25) is 5.02 Å². The highest BCUT2D eigenvalue weighted by Crippen LogP contribution is 2.47. The predicted octanol–water partition coefficient (Wildman–Crippen LogP) is 4.89. The number of likely N-dealkylation sites (N-methyl/N-ethyl adjacent to an activating group) is 1. The average molecular weight is 688 g/mol. The van der Waals surface area contributed by atoms with E-state index >= 15 is 0 Å². The molecule has 2 aromatic rings. The quantitative estimate of drug-likeness (QED) is 0.348. The zero-order valence-electron chi connectivity index (χ0n) is 27.7. The maximum Gasteiger partial charge on any atom is 0.265 e. The first-order valence-corrected chi connectivity index (χ1v) is 18.3. The largest absolute Gasteiger partial charge is 0.490 e. The second kappa shape index (κ2) is 13.7. The van der Waals surface area contributed by atoms with Gasteiger partial charge in [0.25, 0.3) is 15.9 Å². The Morgan fingerprint density at radius 2 is 2.00 bits per heavy atom. The number of nitrogens with zero attached hydrogens (tertiary/aromatic N) is 2. The van der Waals surface area contributed by atoms with Crippen LogP contribution < -0.4 is 14.4 Å². The summed E-state index contributed by atoms with van der Waals surface area (Å²) in [5.74, 6) is 0.429. The van der Waals surface area contributed by atoms with Crippen molar-refractivity contribution in [3.8, 4) is 5.75 Å². The number of nitrogens with one attached hydrogen (secondary N) is 1. The van der Waals surface area contributed by atoms with Crippen LogP contribution in [-0.2, 0) is 41.0 Å². The fourth-order valence-electron chi connectivity index (χ4n) is 7.34. The molecule has 1 spiro atoms. The topological polar surface area (TPSA) is 107 Å². The summed E-state index contributed by atoms with van der Waals surface area (Å²) in [6.07, 6.45) is 8.68. The van der Waals surface area contributed by atoms with E-state index in [2.05, 4.69) is 21.8 Å². The minimum atomic E-state index is -4.20. The molecule has 6 rings (SSSR count). The van der Waals surface area contributed by atoms with Gasteiger partial charge in [0.2, 0.25) is 0 Å². The van der Waals surface area contributed by atoms with E-state index in [0.717, 1.165) is 37.1 Å². The second-order valence-corrected chi connectivity index (χ2v) is 15.9. The summed E-state index contributed by atoms with van der Waals surface area (Å²) in [6.45, 7) is 6.19. The minimum Gasteiger partial charge on any atom is -0.490 e. The number of ether oxygens (including phenoxy) is 3. The lowest BCUT2D eigenvalue weighted by molar-refractivity contribution is -0.139. The lowest BCUT2D eigenvalue weighted by Gasteiger charge is -2.46. The van der Waals surface area contributed by atoms with Gasteiger partial charge in [0.15, 0.2) is 0 Å². The number of carbonyl (C=O) groups is 1. The first-order chi connectivity index (χ1) is 22.4. The highest BCUT2D eigenvalue weighted by Gasteiger charge is 2.45. The lowest BCUT2D eigenvalue weighted by Crippen LogP contribution is -2.50. The Kier molecular flexibility index (Phi) is 9.96. The monoisotopic (exact) mass is 687 g/mol. The van der Waals surface area contributed by atoms with Crippen LogP contribution >= 0.6 is 11.6 Å². The molecule has 1 amide bonds. The number of carbonyl (C=O) groups excluding carboxylic acids is 1. The number of rotatable bonds is 5. The number of sulfonamides is 1. The van der Waals surface area contributed by atoms with Crippen LogP contribution in [0, 0.1) is 11.8 Å². The molecule has 47 heavy (non-hydrogen) atoms. The number of benzene rings is 2. The van der Waals surface area contributed by atoms with Crippen molar-refractivity contribution in [1.29, 1.82) is 0 Å². The van der Waals surface area contributed by atoms with E-state index in [-0.39, 0.29) is 28.9 Å². The Balaban J connectivity index is 1.40. The van der Waals surface area contributed by atoms with E-state index < -0.39 is 21.5 Å². The van der Waals surface area contributed by atoms with E-state index in [1.807, 2.05) is 25.3 Å². The fourth-order valence-corrected chi connectivity index (χ4v) is 8.66. The van der Waals surface area contributed by atoms with Crippen molar-refractivity contribution in [3.63, 3.8) is 0 Å². The predicted molar refractivity (Wildman–Crippen MR) is 180 cm³/mol. The van der Waals surface area contributed by atoms with Gasteiger partial charge in [-0.05, 0) is 99.2 Å². The van der Waals surface area contributed by atoms with Gasteiger partial charge in [0.1, 0.15) is 11.4 Å². The number of halogens is 1. The molecule has 4 atom stereocenters. The first kappa shape index (κ1) is 34.2. The summed E-state index contributed by atoms with van der Waals surface area (Å²) in [5.41, 5.74) is 1.50. The van der Waals surface area contributed by atoms with Crippen molar-refractivity contribution in [2.45, 2.75) is 68.0 Å². The van der Waals surface area contributed by atoms with Crippen LogP contribution in [0.1, 0.15) is 50.7 Å². The van der Waals surface area contributed by atoms with Crippen LogP contribution in [0.15, 0.2) is 53.4 Å². The number of hydrogen-bond acceptors (Lipinski definition) is 9. The molecule has 0 unspecified atom stereocenters. The Labute approximate surface area is 283 Å². The molecule has 10 nitrogen and oxygen atoms in total. The molecule has 0 saturated heterocycles. The van der Waals surface area contributed by atoms with Gasteiger partial charge in [-0.25, -0.2) is 13.1 Å². The number of hydroxylamine groups is 2. The van der Waals surface area contributed by atoms with Crippen LogP contribution in [0.5, 0.6) is 5.75 Å². The molecule has 0 radical (unpaired) electrons. The SMILES string of the molecule is CON(C)CCO[C@H]1/C=C/COC(C)(C)C(=O)NS(=O)(=O)c2ccc3c(c2)N(C[C@@H]2CC[C@H]21)C[C@@]1(CCCc2cc(Cl)ccc21)CO3. The van der Waals surface area contributed by atoms with Crippen molar-refractivity contribution >= 4 is 33.2 Å². The molecule has 1 fully saturated rings. The van der Waals surface area contributed by atoms with Gasteiger partial charge in [0.05, 0.1) is 43.6 Å². The summed E-state index contributed by atoms with van der Waals surface area (Å²) in [4.78, 5) is 20.8. The van der Waals surface area contributed by atoms with E-state index in [0.29, 0.717) is 50.2 Å². The van der Waals surface area contributed by atoms with Crippen molar-refractivity contribution in [2.75, 3.05) is 58.5 Å². The highest BCUT2D eigenvalue weighted by atomic mass is 35.5. The summed E-state index contributed by atoms with van der Waals surface area (Å²) in [5, 5.41) is 2.46. The Morgan fingerprint density at radius 1 is 1.17 bits per heavy atom. The zero-order chi connectivity index (χ0) is 33.4. The number of hydrogen-bond donors (Lipinski definition) is 1. The van der Waals surface area contributed by atoms with Gasteiger partial charge in [-0.2, -0.15) is 5.06 Å². The normalized spacial score (nSPS) is 29.1. The molecule has 4 aliphatic rings. The molecule has 2 bridgehead atoms. The number of fused-ring (bicyclic) bond motifs is 4. The third-order valence-corrected chi connectivity index (χ3v) is 11.9. The molecule has 2 heterocycles. The number of amides is 1. The Bertz CT molecular complexity index is 1620. The first-order valence-electron chi connectivity index (χ1n) is 16.5. The molecule has 2 aromatic carbocycles. The summed E-state index contributed by atoms with van der Waals surface area (Å²) in [6, 6.07) is 11.0. The van der Waals surface area contributed by atoms with Crippen molar-refractivity contribution in [3.05, 3.63) is 64.7 Å². The van der Waals surface area contributed by atoms with Crippen LogP contribution in [0.3, 0.4) is 0 Å². The maximum absolute atomic E-state index is 13.6. The summed E-state index contributed by atoms with van der Waals surface area (Å²) < 4.78 is 48.3. The Morgan fingerprint density at radius 3 is 2.77 bits per heavy atom. The molecular weight excluding hydrogens is 642 g/mol. The van der Waals surface area contributed by atoms with Crippen molar-refractivity contribution in [2.24, 2.45) is 11.8 Å². The lowest BCUT2D eigenvalue weighted by atomic mass is 9.68. The van der Waals surface area contributed by atoms with Gasteiger partial charge in [-0.3, -0.25) is 4.79 Å². The Hall–Kier alpha value is -2.67. The average Bonchev–Trinajstić information content (AvgIpc) is 3.17. The van der Waals surface area contributed by atoms with Crippen LogP contribution in [0.25, 0.3) is 0 Å². The van der Waals surface area contributed by atoms with Crippen LogP contribution in [-0.4, -0.2) is 84.7 Å². The molecule has 12 heteroatoms. The highest BCUT2D eigenvalue weighted by molar-refractivity contribution is 7.90. The fraction of sp³-hybridized carbons (Fsp3) is 0.571. The molecule has 0 aromatic heterocycles. The summed E-state index contributed by atoms with van der Waals surface area (Å²) in [7, 11) is -0.696. The molecule has 2 aliphatic heterocycles. The minimum absolute atomic E-state index is 0.00129. The van der Waals surface area contributed by atoms with Gasteiger partial charge < -0.3 is 23.9 Å². The third-order valence-electron chi connectivity index (χ3n) is 10.3. The van der Waals surface area contributed by atoms with Crippen molar-refractivity contribution < 1.29 is 32.3 Å². The van der Waals surface area contributed by atoms with E-state index in [4.69, 9.17) is 30.6 Å². The standard InChI is InChI=1S/C35H46ClN3O7S/c1-34(2)33(40)37-47(41,42)27-11-14-32-30(20-27)39(22-35(23-45-32)15-5-7-24-19-26(36)10-13-29(24)35)21-25-9-12-28(25)31(8-6-17-46-34)44-18-16-38(3)43-4/h6,8,10-11,13-14,19-20,25,28,31H,5,7,9,12,15-18,21-23H2,1-4H3,(H,37,40)/b8-6+/t25-,28+,31-,35-/m0/s1. The van der Waals surface area contributed by atoms with Gasteiger partial charge in [0, 0.05) is 37.1 Å². The van der Waals surface area contributed by atoms with Crippen LogP contribution in [0.4, 0.5) is 5.69 Å². The third kappa shape index (κ3) is 7.21. The second-order valence-electron chi connectivity index (χ2n) is 13.8. The van der Waals surface area contributed by atoms with Crippen molar-refractivity contribution in [1.82, 2.24) is 9.79 Å². The maximum atomic E-state index is 13.6. The van der Waals surface area contributed by atoms with E-state index in [1.54, 1.807) is 38.2 Å². The molecule has 256 valence electrons. The smallest absolute Gasteiger partial charge is 0.265 e. The molecule has 1 saturated carbocycles. The summed E-state index contributed by atoms with van der Waals surface area (Å²) >= 11 is 6.43.